The van der Waals surface area contributed by atoms with Crippen LogP contribution in [0, 0.1) is 17.8 Å². The fraction of sp³-hybridized carbons (Fsp3) is 0.611. The molecule has 1 N–H and O–H groups in total. The van der Waals surface area contributed by atoms with Crippen LogP contribution < -0.4 is 10.1 Å². The standard InChI is InChI=1S/C18H25ClN2O2/c1-21(2)18(22)15-4-3-14(10-17(15)19)23-11-13-9-16(13)12-5-7-20-8-6-12/h3-4,10,12-13,16,20H,5-9,11H2,1-2H3/t13-,16-/m0/s1. The van der Waals surface area contributed by atoms with Crippen molar-refractivity contribution in [1.29, 1.82) is 0 Å². The molecule has 0 aromatic heterocycles. The topological polar surface area (TPSA) is 41.6 Å². The van der Waals surface area contributed by atoms with E-state index in [1.165, 1.54) is 24.2 Å². The van der Waals surface area contributed by atoms with Gasteiger partial charge in [0, 0.05) is 14.1 Å². The van der Waals surface area contributed by atoms with Gasteiger partial charge in [0.2, 0.25) is 0 Å². The fourth-order valence-corrected chi connectivity index (χ4v) is 3.77. The van der Waals surface area contributed by atoms with Gasteiger partial charge in [0.05, 0.1) is 17.2 Å². The molecule has 1 heterocycles. The van der Waals surface area contributed by atoms with Gasteiger partial charge >= 0.3 is 0 Å². The molecule has 23 heavy (non-hydrogen) atoms. The zero-order chi connectivity index (χ0) is 16.4. The Morgan fingerprint density at radius 1 is 1.35 bits per heavy atom. The number of piperidine rings is 1. The average Bonchev–Trinajstić information content (AvgIpc) is 3.33. The van der Waals surface area contributed by atoms with Crippen LogP contribution in [0.2, 0.25) is 5.02 Å². The number of hydrogen-bond donors (Lipinski definition) is 1. The molecular weight excluding hydrogens is 312 g/mol. The first-order chi connectivity index (χ1) is 11.1. The lowest BCUT2D eigenvalue weighted by atomic mass is 9.92. The molecule has 0 radical (unpaired) electrons. The molecule has 1 aromatic carbocycles. The highest BCUT2D eigenvalue weighted by molar-refractivity contribution is 6.34. The summed E-state index contributed by atoms with van der Waals surface area (Å²) < 4.78 is 5.90. The lowest BCUT2D eigenvalue weighted by Gasteiger charge is -2.22. The quantitative estimate of drug-likeness (QED) is 0.898. The molecule has 5 heteroatoms. The summed E-state index contributed by atoms with van der Waals surface area (Å²) in [6.07, 6.45) is 3.89. The Balaban J connectivity index is 1.51. The van der Waals surface area contributed by atoms with Gasteiger partial charge in [-0.3, -0.25) is 4.79 Å². The Labute approximate surface area is 143 Å². The van der Waals surface area contributed by atoms with E-state index in [-0.39, 0.29) is 5.91 Å². The summed E-state index contributed by atoms with van der Waals surface area (Å²) >= 11 is 6.22. The molecule has 4 nitrogen and oxygen atoms in total. The van der Waals surface area contributed by atoms with Crippen molar-refractivity contribution < 1.29 is 9.53 Å². The van der Waals surface area contributed by atoms with Gasteiger partial charge in [0.15, 0.2) is 0 Å². The monoisotopic (exact) mass is 336 g/mol. The highest BCUT2D eigenvalue weighted by atomic mass is 35.5. The molecule has 2 fully saturated rings. The van der Waals surface area contributed by atoms with E-state index in [9.17, 15) is 4.79 Å². The number of amides is 1. The maximum absolute atomic E-state index is 12.0. The van der Waals surface area contributed by atoms with Crippen molar-refractivity contribution in [2.45, 2.75) is 19.3 Å². The molecule has 2 atom stereocenters. The van der Waals surface area contributed by atoms with E-state index in [1.54, 1.807) is 26.2 Å². The summed E-state index contributed by atoms with van der Waals surface area (Å²) in [7, 11) is 3.44. The Hall–Kier alpha value is -1.26. The van der Waals surface area contributed by atoms with Gasteiger partial charge in [0.1, 0.15) is 5.75 Å². The Morgan fingerprint density at radius 2 is 2.09 bits per heavy atom. The second-order valence-electron chi connectivity index (χ2n) is 6.90. The van der Waals surface area contributed by atoms with Crippen LogP contribution in [0.3, 0.4) is 0 Å². The first-order valence-electron chi connectivity index (χ1n) is 8.41. The minimum absolute atomic E-state index is 0.0882. The number of carbonyl (C=O) groups is 1. The van der Waals surface area contributed by atoms with Crippen molar-refractivity contribution in [3.8, 4) is 5.75 Å². The number of rotatable bonds is 5. The number of halogens is 1. The van der Waals surface area contributed by atoms with Crippen LogP contribution in [0.4, 0.5) is 0 Å². The predicted octanol–water partition coefficient (Wildman–Crippen LogP) is 3.06. The second kappa shape index (κ2) is 7.10. The first kappa shape index (κ1) is 16.6. The molecule has 1 saturated heterocycles. The highest BCUT2D eigenvalue weighted by Gasteiger charge is 2.43. The Morgan fingerprint density at radius 3 is 2.74 bits per heavy atom. The molecule has 3 rings (SSSR count). The van der Waals surface area contributed by atoms with Crippen LogP contribution >= 0.6 is 11.6 Å². The highest BCUT2D eigenvalue weighted by Crippen LogP contribution is 2.47. The zero-order valence-electron chi connectivity index (χ0n) is 13.8. The van der Waals surface area contributed by atoms with E-state index >= 15 is 0 Å². The minimum atomic E-state index is -0.0882. The van der Waals surface area contributed by atoms with Crippen molar-refractivity contribution in [2.75, 3.05) is 33.8 Å². The van der Waals surface area contributed by atoms with E-state index < -0.39 is 0 Å². The fourth-order valence-electron chi connectivity index (χ4n) is 3.52. The van der Waals surface area contributed by atoms with E-state index in [0.29, 0.717) is 16.5 Å². The maximum atomic E-state index is 12.0. The molecule has 0 spiro atoms. The molecule has 0 unspecified atom stereocenters. The third-order valence-corrected chi connectivity index (χ3v) is 5.32. The van der Waals surface area contributed by atoms with Crippen LogP contribution in [0.15, 0.2) is 18.2 Å². The van der Waals surface area contributed by atoms with Crippen molar-refractivity contribution in [2.24, 2.45) is 17.8 Å². The number of benzene rings is 1. The average molecular weight is 337 g/mol. The first-order valence-corrected chi connectivity index (χ1v) is 8.78. The summed E-state index contributed by atoms with van der Waals surface area (Å²) in [4.78, 5) is 13.5. The normalized spacial score (nSPS) is 24.3. The largest absolute Gasteiger partial charge is 0.493 e. The van der Waals surface area contributed by atoms with Crippen LogP contribution in [-0.4, -0.2) is 44.6 Å². The summed E-state index contributed by atoms with van der Waals surface area (Å²) in [6, 6.07) is 5.34. The van der Waals surface area contributed by atoms with E-state index in [2.05, 4.69) is 5.32 Å². The molecule has 1 aliphatic carbocycles. The van der Waals surface area contributed by atoms with Gasteiger partial charge in [-0.25, -0.2) is 0 Å². The van der Waals surface area contributed by atoms with Crippen LogP contribution in [0.1, 0.15) is 29.6 Å². The summed E-state index contributed by atoms with van der Waals surface area (Å²) in [5.41, 5.74) is 0.517. The molecule has 1 aromatic rings. The molecular formula is C18H25ClN2O2. The van der Waals surface area contributed by atoms with Crippen molar-refractivity contribution in [3.63, 3.8) is 0 Å². The van der Waals surface area contributed by atoms with E-state index in [4.69, 9.17) is 16.3 Å². The maximum Gasteiger partial charge on any atom is 0.254 e. The van der Waals surface area contributed by atoms with Crippen LogP contribution in [0.25, 0.3) is 0 Å². The number of carbonyl (C=O) groups excluding carboxylic acids is 1. The van der Waals surface area contributed by atoms with Gasteiger partial charge in [-0.15, -0.1) is 0 Å². The van der Waals surface area contributed by atoms with Gasteiger partial charge < -0.3 is 15.0 Å². The van der Waals surface area contributed by atoms with E-state index in [1.807, 2.05) is 6.07 Å². The lowest BCUT2D eigenvalue weighted by molar-refractivity contribution is 0.0827. The Kier molecular flexibility index (Phi) is 5.12. The molecule has 0 bridgehead atoms. The number of ether oxygens (including phenoxy) is 1. The van der Waals surface area contributed by atoms with Gasteiger partial charge in [-0.2, -0.15) is 0 Å². The van der Waals surface area contributed by atoms with E-state index in [0.717, 1.165) is 37.3 Å². The Bertz CT molecular complexity index is 570. The smallest absolute Gasteiger partial charge is 0.254 e. The van der Waals surface area contributed by atoms with Crippen molar-refractivity contribution in [3.05, 3.63) is 28.8 Å². The van der Waals surface area contributed by atoms with Gasteiger partial charge in [-0.1, -0.05) is 11.6 Å². The third-order valence-electron chi connectivity index (χ3n) is 5.01. The molecule has 1 amide bonds. The summed E-state index contributed by atoms with van der Waals surface area (Å²) in [5, 5.41) is 3.87. The van der Waals surface area contributed by atoms with Gasteiger partial charge in [0.25, 0.3) is 5.91 Å². The zero-order valence-corrected chi connectivity index (χ0v) is 14.6. The van der Waals surface area contributed by atoms with Crippen molar-refractivity contribution in [1.82, 2.24) is 10.2 Å². The predicted molar refractivity (Wildman–Crippen MR) is 92.2 cm³/mol. The molecule has 126 valence electrons. The lowest BCUT2D eigenvalue weighted by Crippen LogP contribution is -2.29. The number of nitrogens with zero attached hydrogens (tertiary/aromatic N) is 1. The summed E-state index contributed by atoms with van der Waals surface area (Å²) in [5.74, 6) is 3.05. The molecule has 1 aliphatic heterocycles. The SMILES string of the molecule is CN(C)C(=O)c1ccc(OC[C@@H]2C[C@H]2C2CCNCC2)cc1Cl. The summed E-state index contributed by atoms with van der Waals surface area (Å²) in [6.45, 7) is 3.07. The third kappa shape index (κ3) is 3.99. The van der Waals surface area contributed by atoms with Crippen LogP contribution in [-0.2, 0) is 0 Å². The molecule has 1 saturated carbocycles. The second-order valence-corrected chi connectivity index (χ2v) is 7.31. The number of hydrogen-bond acceptors (Lipinski definition) is 3. The van der Waals surface area contributed by atoms with Crippen LogP contribution in [0.5, 0.6) is 5.75 Å². The number of nitrogens with one attached hydrogen (secondary N) is 1. The minimum Gasteiger partial charge on any atom is -0.493 e. The van der Waals surface area contributed by atoms with Crippen molar-refractivity contribution >= 4 is 17.5 Å². The molecule has 2 aliphatic rings. The van der Waals surface area contributed by atoms with Gasteiger partial charge in [-0.05, 0) is 68.3 Å².